The van der Waals surface area contributed by atoms with Crippen LogP contribution in [0.15, 0.2) is 6.07 Å². The number of amides is 1. The molecule has 2 aliphatic rings. The van der Waals surface area contributed by atoms with Gasteiger partial charge in [-0.1, -0.05) is 0 Å². The number of carbonyl (C=O) groups excluding carboxylic acids is 1. The molecule has 0 radical (unpaired) electrons. The molecule has 0 aliphatic carbocycles. The number of nitrogens with zero attached hydrogens (tertiary/aromatic N) is 4. The van der Waals surface area contributed by atoms with Crippen LogP contribution in [0, 0.1) is 19.3 Å². The molecule has 1 aromatic heterocycles. The third kappa shape index (κ3) is 3.47. The molecule has 0 N–H and O–H groups in total. The zero-order valence-electron chi connectivity index (χ0n) is 14.3. The Kier molecular flexibility index (Phi) is 4.53. The van der Waals surface area contributed by atoms with Crippen LogP contribution in [-0.2, 0) is 9.53 Å². The number of aromatic nitrogens is 2. The summed E-state index contributed by atoms with van der Waals surface area (Å²) in [5.41, 5.74) is 1.58. The summed E-state index contributed by atoms with van der Waals surface area (Å²) in [6.45, 7) is 10.3. The number of rotatable bonds is 2. The molecule has 0 aromatic carbocycles. The second kappa shape index (κ2) is 6.43. The first kappa shape index (κ1) is 16.2. The predicted octanol–water partition coefficient (Wildman–Crippen LogP) is 1.56. The molecule has 0 spiro atoms. The quantitative estimate of drug-likeness (QED) is 0.828. The van der Waals surface area contributed by atoms with Crippen LogP contribution in [0.25, 0.3) is 0 Å². The smallest absolute Gasteiger partial charge is 0.230 e. The molecule has 1 amide bonds. The van der Waals surface area contributed by atoms with Crippen LogP contribution in [0.5, 0.6) is 0 Å². The summed E-state index contributed by atoms with van der Waals surface area (Å²) in [6, 6.07) is 1.98. The number of piperidine rings is 1. The van der Waals surface area contributed by atoms with Gasteiger partial charge >= 0.3 is 0 Å². The van der Waals surface area contributed by atoms with E-state index in [1.165, 1.54) is 0 Å². The number of ether oxygens (including phenoxy) is 1. The Balaban J connectivity index is 1.77. The van der Waals surface area contributed by atoms with Gasteiger partial charge in [0.15, 0.2) is 0 Å². The van der Waals surface area contributed by atoms with Gasteiger partial charge in [-0.2, -0.15) is 0 Å². The molecule has 2 fully saturated rings. The monoisotopic (exact) mass is 318 g/mol. The molecule has 0 bridgehead atoms. The lowest BCUT2D eigenvalue weighted by atomic mass is 9.80. The van der Waals surface area contributed by atoms with Crippen LogP contribution >= 0.6 is 0 Å². The van der Waals surface area contributed by atoms with Crippen molar-refractivity contribution in [3.05, 3.63) is 17.5 Å². The zero-order chi connectivity index (χ0) is 16.4. The van der Waals surface area contributed by atoms with Crippen LogP contribution in [-0.4, -0.2) is 60.2 Å². The number of anilines is 1. The van der Waals surface area contributed by atoms with E-state index < -0.39 is 0 Å². The number of hydrogen-bond donors (Lipinski definition) is 0. The van der Waals surface area contributed by atoms with Crippen molar-refractivity contribution in [2.75, 3.05) is 44.3 Å². The van der Waals surface area contributed by atoms with Gasteiger partial charge in [0.05, 0.1) is 18.6 Å². The lowest BCUT2D eigenvalue weighted by Crippen LogP contribution is -2.54. The molecule has 2 saturated heterocycles. The second-order valence-corrected chi connectivity index (χ2v) is 6.94. The predicted molar refractivity (Wildman–Crippen MR) is 88.5 cm³/mol. The van der Waals surface area contributed by atoms with E-state index in [1.807, 2.05) is 24.8 Å². The normalized spacial score (nSPS) is 25.5. The van der Waals surface area contributed by atoms with E-state index in [4.69, 9.17) is 4.74 Å². The van der Waals surface area contributed by atoms with Gasteiger partial charge in [0, 0.05) is 37.6 Å². The van der Waals surface area contributed by atoms with Gasteiger partial charge in [-0.05, 0) is 39.7 Å². The van der Waals surface area contributed by atoms with Crippen molar-refractivity contribution < 1.29 is 9.53 Å². The van der Waals surface area contributed by atoms with Crippen LogP contribution in [0.3, 0.4) is 0 Å². The summed E-state index contributed by atoms with van der Waals surface area (Å²) in [5.74, 6) is 0.998. The lowest BCUT2D eigenvalue weighted by Gasteiger charge is -2.42. The van der Waals surface area contributed by atoms with Crippen LogP contribution in [0.4, 0.5) is 5.95 Å². The minimum atomic E-state index is -0.364. The lowest BCUT2D eigenvalue weighted by molar-refractivity contribution is -0.146. The second-order valence-electron chi connectivity index (χ2n) is 6.94. The summed E-state index contributed by atoms with van der Waals surface area (Å²) in [4.78, 5) is 26.2. The van der Waals surface area contributed by atoms with Gasteiger partial charge < -0.3 is 14.5 Å². The van der Waals surface area contributed by atoms with Gasteiger partial charge in [0.25, 0.3) is 0 Å². The van der Waals surface area contributed by atoms with E-state index in [9.17, 15) is 4.79 Å². The van der Waals surface area contributed by atoms with E-state index in [2.05, 4.69) is 21.8 Å². The summed E-state index contributed by atoms with van der Waals surface area (Å²) in [6.07, 6.45) is 1.91. The molecule has 1 atom stereocenters. The summed E-state index contributed by atoms with van der Waals surface area (Å²) < 4.78 is 5.36. The first-order chi connectivity index (χ1) is 11.0. The highest BCUT2D eigenvalue weighted by Gasteiger charge is 2.41. The van der Waals surface area contributed by atoms with Crippen molar-refractivity contribution in [1.29, 1.82) is 0 Å². The fourth-order valence-electron chi connectivity index (χ4n) is 3.58. The Morgan fingerprint density at radius 1 is 1.17 bits per heavy atom. The van der Waals surface area contributed by atoms with E-state index >= 15 is 0 Å². The van der Waals surface area contributed by atoms with E-state index in [0.717, 1.165) is 36.7 Å². The fourth-order valence-corrected chi connectivity index (χ4v) is 3.58. The van der Waals surface area contributed by atoms with Crippen LogP contribution in [0.2, 0.25) is 0 Å². The largest absolute Gasteiger partial charge is 0.378 e. The molecular formula is C17H26N4O2. The number of hydrogen-bond acceptors (Lipinski definition) is 5. The number of carbonyl (C=O) groups is 1. The molecule has 6 nitrogen and oxygen atoms in total. The van der Waals surface area contributed by atoms with Crippen molar-refractivity contribution in [1.82, 2.24) is 14.9 Å². The van der Waals surface area contributed by atoms with Crippen molar-refractivity contribution in [3.8, 4) is 0 Å². The summed E-state index contributed by atoms with van der Waals surface area (Å²) in [7, 11) is 0. The Bertz CT molecular complexity index is 566. The van der Waals surface area contributed by atoms with Gasteiger partial charge in [0.1, 0.15) is 0 Å². The Morgan fingerprint density at radius 2 is 1.83 bits per heavy atom. The van der Waals surface area contributed by atoms with Gasteiger partial charge in [-0.25, -0.2) is 9.97 Å². The average molecular weight is 318 g/mol. The van der Waals surface area contributed by atoms with Crippen molar-refractivity contribution in [2.24, 2.45) is 5.41 Å². The maximum atomic E-state index is 13.0. The molecule has 23 heavy (non-hydrogen) atoms. The fraction of sp³-hybridized carbons (Fsp3) is 0.706. The Hall–Kier alpha value is -1.69. The summed E-state index contributed by atoms with van der Waals surface area (Å²) in [5, 5.41) is 0. The Morgan fingerprint density at radius 3 is 2.48 bits per heavy atom. The molecule has 126 valence electrons. The van der Waals surface area contributed by atoms with Gasteiger partial charge in [0.2, 0.25) is 11.9 Å². The molecule has 6 heteroatoms. The van der Waals surface area contributed by atoms with Crippen molar-refractivity contribution in [3.63, 3.8) is 0 Å². The average Bonchev–Trinajstić information content (AvgIpc) is 2.54. The zero-order valence-corrected chi connectivity index (χ0v) is 14.3. The number of morpholine rings is 1. The third-order valence-corrected chi connectivity index (χ3v) is 4.76. The highest BCUT2D eigenvalue weighted by atomic mass is 16.5. The van der Waals surface area contributed by atoms with Crippen LogP contribution in [0.1, 0.15) is 31.2 Å². The third-order valence-electron chi connectivity index (χ3n) is 4.76. The van der Waals surface area contributed by atoms with Gasteiger partial charge in [-0.3, -0.25) is 4.79 Å². The SMILES string of the molecule is Cc1cc(C)nc(N2CCC[C@@](C)(C(=O)N3CCOCC3)C2)n1. The topological polar surface area (TPSA) is 58.6 Å². The highest BCUT2D eigenvalue weighted by Crippen LogP contribution is 2.33. The Labute approximate surface area is 137 Å². The van der Waals surface area contributed by atoms with E-state index in [0.29, 0.717) is 32.8 Å². The van der Waals surface area contributed by atoms with Gasteiger partial charge in [-0.15, -0.1) is 0 Å². The molecular weight excluding hydrogens is 292 g/mol. The highest BCUT2D eigenvalue weighted by molar-refractivity contribution is 5.83. The molecule has 3 heterocycles. The summed E-state index contributed by atoms with van der Waals surface area (Å²) >= 11 is 0. The first-order valence-corrected chi connectivity index (χ1v) is 8.42. The molecule has 1 aromatic rings. The minimum Gasteiger partial charge on any atom is -0.378 e. The molecule has 0 unspecified atom stereocenters. The van der Waals surface area contributed by atoms with Crippen molar-refractivity contribution >= 4 is 11.9 Å². The van der Waals surface area contributed by atoms with E-state index in [1.54, 1.807) is 0 Å². The molecule has 2 aliphatic heterocycles. The van der Waals surface area contributed by atoms with E-state index in [-0.39, 0.29) is 11.3 Å². The molecule has 3 rings (SSSR count). The molecule has 0 saturated carbocycles. The maximum absolute atomic E-state index is 13.0. The standard InChI is InChI=1S/C17H26N4O2/c1-13-11-14(2)19-16(18-13)21-6-4-5-17(3,12-21)15(22)20-7-9-23-10-8-20/h11H,4-10,12H2,1-3H3/t17-/m1/s1. The van der Waals surface area contributed by atoms with Crippen molar-refractivity contribution in [2.45, 2.75) is 33.6 Å². The minimum absolute atomic E-state index is 0.245. The maximum Gasteiger partial charge on any atom is 0.230 e. The van der Waals surface area contributed by atoms with Crippen LogP contribution < -0.4 is 4.90 Å². The first-order valence-electron chi connectivity index (χ1n) is 8.42. The number of aryl methyl sites for hydroxylation is 2.